The number of rotatable bonds is 7. The summed E-state index contributed by atoms with van der Waals surface area (Å²) in [6.07, 6.45) is 0.240. The minimum atomic E-state index is -0.624. The number of nitrogens with zero attached hydrogens (tertiary/aromatic N) is 2. The van der Waals surface area contributed by atoms with E-state index in [0.717, 1.165) is 28.0 Å². The smallest absolute Gasteiger partial charge is 0.247 e. The second kappa shape index (κ2) is 9.69. The van der Waals surface area contributed by atoms with Gasteiger partial charge in [-0.2, -0.15) is 0 Å². The van der Waals surface area contributed by atoms with Gasteiger partial charge in [0.25, 0.3) is 0 Å². The van der Waals surface area contributed by atoms with E-state index in [1.807, 2.05) is 99.8 Å². The topological polar surface area (TPSA) is 76.0 Å². The third-order valence-corrected chi connectivity index (χ3v) is 5.67. The number of aryl methyl sites for hydroxylation is 1. The van der Waals surface area contributed by atoms with E-state index in [-0.39, 0.29) is 24.2 Å². The highest BCUT2D eigenvalue weighted by molar-refractivity contribution is 5.97. The number of fused-ring (bicyclic) bond motifs is 1. The Morgan fingerprint density at radius 2 is 1.58 bits per heavy atom. The zero-order chi connectivity index (χ0) is 23.4. The van der Waals surface area contributed by atoms with Gasteiger partial charge < -0.3 is 15.2 Å². The third-order valence-electron chi connectivity index (χ3n) is 5.67. The maximum atomic E-state index is 12.9. The van der Waals surface area contributed by atoms with Crippen molar-refractivity contribution in [2.24, 2.45) is 13.0 Å². The monoisotopic (exact) mass is 440 g/mol. The number of imidazole rings is 1. The maximum absolute atomic E-state index is 12.9. The molecule has 0 bridgehead atoms. The van der Waals surface area contributed by atoms with Gasteiger partial charge in [0, 0.05) is 18.3 Å². The molecule has 33 heavy (non-hydrogen) atoms. The first kappa shape index (κ1) is 22.3. The molecule has 6 nitrogen and oxygen atoms in total. The van der Waals surface area contributed by atoms with Crippen LogP contribution in [0.4, 0.5) is 5.69 Å². The van der Waals surface area contributed by atoms with E-state index in [0.29, 0.717) is 5.69 Å². The molecule has 2 amide bonds. The van der Waals surface area contributed by atoms with Crippen LogP contribution in [0.25, 0.3) is 22.4 Å². The number of aromatic nitrogens is 2. The quantitative estimate of drug-likeness (QED) is 0.442. The minimum absolute atomic E-state index is 0.0519. The van der Waals surface area contributed by atoms with Crippen molar-refractivity contribution in [1.82, 2.24) is 14.9 Å². The van der Waals surface area contributed by atoms with Crippen molar-refractivity contribution in [3.63, 3.8) is 0 Å². The van der Waals surface area contributed by atoms with Crippen LogP contribution in [0, 0.1) is 5.92 Å². The fourth-order valence-electron chi connectivity index (χ4n) is 3.87. The van der Waals surface area contributed by atoms with Crippen molar-refractivity contribution in [3.8, 4) is 11.4 Å². The second-order valence-electron chi connectivity index (χ2n) is 8.50. The van der Waals surface area contributed by atoms with Crippen LogP contribution in [0.5, 0.6) is 0 Å². The van der Waals surface area contributed by atoms with Crippen LogP contribution in [0.2, 0.25) is 0 Å². The number of anilines is 1. The van der Waals surface area contributed by atoms with Crippen molar-refractivity contribution in [1.29, 1.82) is 0 Å². The van der Waals surface area contributed by atoms with Crippen LogP contribution in [0.1, 0.15) is 19.4 Å². The van der Waals surface area contributed by atoms with Gasteiger partial charge in [0.05, 0.1) is 17.5 Å². The average Bonchev–Trinajstić information content (AvgIpc) is 3.15. The maximum Gasteiger partial charge on any atom is 0.247 e. The summed E-state index contributed by atoms with van der Waals surface area (Å²) in [4.78, 5) is 30.1. The summed E-state index contributed by atoms with van der Waals surface area (Å²) in [6, 6.07) is 24.5. The number of benzene rings is 3. The fourth-order valence-corrected chi connectivity index (χ4v) is 3.87. The molecule has 4 rings (SSSR count). The lowest BCUT2D eigenvalue weighted by molar-refractivity contribution is -0.127. The molecule has 2 N–H and O–H groups in total. The Kier molecular flexibility index (Phi) is 6.54. The van der Waals surface area contributed by atoms with E-state index in [2.05, 4.69) is 15.2 Å². The summed E-state index contributed by atoms with van der Waals surface area (Å²) < 4.78 is 2.06. The number of amides is 2. The molecule has 0 spiro atoms. The highest BCUT2D eigenvalue weighted by atomic mass is 16.2. The zero-order valence-electron chi connectivity index (χ0n) is 19.1. The summed E-state index contributed by atoms with van der Waals surface area (Å²) in [7, 11) is 1.99. The van der Waals surface area contributed by atoms with Crippen LogP contribution in [-0.2, 0) is 23.1 Å². The largest absolute Gasteiger partial charge is 0.344 e. The molecular weight excluding hydrogens is 412 g/mol. The molecular formula is C27H28N4O2. The van der Waals surface area contributed by atoms with Crippen molar-refractivity contribution in [3.05, 3.63) is 84.4 Å². The molecule has 1 heterocycles. The van der Waals surface area contributed by atoms with Gasteiger partial charge in [-0.05, 0) is 47.9 Å². The second-order valence-corrected chi connectivity index (χ2v) is 8.50. The lowest BCUT2D eigenvalue weighted by atomic mass is 10.0. The Bertz CT molecular complexity index is 1260. The van der Waals surface area contributed by atoms with E-state index in [1.54, 1.807) is 0 Å². The predicted octanol–water partition coefficient (Wildman–Crippen LogP) is 4.56. The summed E-state index contributed by atoms with van der Waals surface area (Å²) in [5, 5.41) is 5.81. The summed E-state index contributed by atoms with van der Waals surface area (Å²) in [6.45, 7) is 3.84. The molecule has 1 aromatic heterocycles. The minimum Gasteiger partial charge on any atom is -0.344 e. The highest BCUT2D eigenvalue weighted by Crippen LogP contribution is 2.25. The average molecular weight is 441 g/mol. The normalized spacial score (nSPS) is 12.0. The number of nitrogens with one attached hydrogen (secondary N) is 2. The Balaban J connectivity index is 1.44. The third kappa shape index (κ3) is 5.12. The van der Waals surface area contributed by atoms with Gasteiger partial charge in [0.15, 0.2) is 0 Å². The molecule has 4 aromatic rings. The van der Waals surface area contributed by atoms with E-state index in [9.17, 15) is 9.59 Å². The van der Waals surface area contributed by atoms with E-state index >= 15 is 0 Å². The molecule has 168 valence electrons. The van der Waals surface area contributed by atoms with E-state index in [4.69, 9.17) is 4.98 Å². The number of hydrogen-bond acceptors (Lipinski definition) is 3. The van der Waals surface area contributed by atoms with Crippen LogP contribution in [0.15, 0.2) is 78.9 Å². The number of hydrogen-bond donors (Lipinski definition) is 2. The van der Waals surface area contributed by atoms with Gasteiger partial charge >= 0.3 is 0 Å². The summed E-state index contributed by atoms with van der Waals surface area (Å²) in [5.41, 5.74) is 4.55. The predicted molar refractivity (Wildman–Crippen MR) is 132 cm³/mol. The van der Waals surface area contributed by atoms with Crippen molar-refractivity contribution in [2.45, 2.75) is 26.3 Å². The number of carbonyl (C=O) groups is 2. The van der Waals surface area contributed by atoms with Gasteiger partial charge in [0.2, 0.25) is 11.8 Å². The van der Waals surface area contributed by atoms with Crippen LogP contribution in [0.3, 0.4) is 0 Å². The van der Waals surface area contributed by atoms with Gasteiger partial charge in [-0.15, -0.1) is 0 Å². The number of carbonyl (C=O) groups excluding carboxylic acids is 2. The van der Waals surface area contributed by atoms with Crippen LogP contribution >= 0.6 is 0 Å². The molecule has 0 aliphatic heterocycles. The molecule has 0 aliphatic rings. The van der Waals surface area contributed by atoms with Crippen LogP contribution < -0.4 is 10.6 Å². The molecule has 0 aliphatic carbocycles. The standard InChI is InChI=1S/C27H28N4O2/c1-18(2)25(30-24(32)17-19-9-5-4-6-10-19)27(33)28-21-15-13-20(14-16-21)26-29-22-11-7-8-12-23(22)31(26)3/h4-16,18,25H,17H2,1-3H3,(H,28,33)(H,30,32). The van der Waals surface area contributed by atoms with Crippen molar-refractivity contribution in [2.75, 3.05) is 5.32 Å². The molecule has 0 fully saturated rings. The van der Waals surface area contributed by atoms with Gasteiger partial charge in [-0.25, -0.2) is 4.98 Å². The van der Waals surface area contributed by atoms with E-state index in [1.165, 1.54) is 0 Å². The Hall–Kier alpha value is -3.93. The Morgan fingerprint density at radius 1 is 0.909 bits per heavy atom. The first-order valence-electron chi connectivity index (χ1n) is 11.1. The first-order chi connectivity index (χ1) is 15.9. The lowest BCUT2D eigenvalue weighted by Crippen LogP contribution is -2.47. The highest BCUT2D eigenvalue weighted by Gasteiger charge is 2.24. The first-order valence-corrected chi connectivity index (χ1v) is 11.1. The zero-order valence-corrected chi connectivity index (χ0v) is 19.1. The summed E-state index contributed by atoms with van der Waals surface area (Å²) >= 11 is 0. The van der Waals surface area contributed by atoms with Crippen molar-refractivity contribution >= 4 is 28.5 Å². The lowest BCUT2D eigenvalue weighted by Gasteiger charge is -2.22. The Morgan fingerprint density at radius 3 is 2.24 bits per heavy atom. The number of para-hydroxylation sites is 2. The molecule has 6 heteroatoms. The Labute approximate surface area is 193 Å². The van der Waals surface area contributed by atoms with Gasteiger partial charge in [-0.3, -0.25) is 9.59 Å². The van der Waals surface area contributed by atoms with Crippen molar-refractivity contribution < 1.29 is 9.59 Å². The fraction of sp³-hybridized carbons (Fsp3) is 0.222. The van der Waals surface area contributed by atoms with Gasteiger partial charge in [0.1, 0.15) is 11.9 Å². The molecule has 3 aromatic carbocycles. The summed E-state index contributed by atoms with van der Waals surface area (Å²) in [5.74, 6) is 0.403. The molecule has 1 unspecified atom stereocenters. The molecule has 1 atom stereocenters. The van der Waals surface area contributed by atoms with Gasteiger partial charge in [-0.1, -0.05) is 56.3 Å². The molecule has 0 saturated carbocycles. The molecule has 0 radical (unpaired) electrons. The van der Waals surface area contributed by atoms with E-state index < -0.39 is 6.04 Å². The molecule has 0 saturated heterocycles. The SMILES string of the molecule is CC(C)C(NC(=O)Cc1ccccc1)C(=O)Nc1ccc(-c2nc3ccccc3n2C)cc1. The van der Waals surface area contributed by atoms with Crippen LogP contribution in [-0.4, -0.2) is 27.4 Å².